The van der Waals surface area contributed by atoms with Crippen molar-refractivity contribution in [2.24, 2.45) is 5.41 Å². The molecule has 0 bridgehead atoms. The van der Waals surface area contributed by atoms with Gasteiger partial charge < -0.3 is 18.1 Å². The van der Waals surface area contributed by atoms with E-state index in [1.807, 2.05) is 31.2 Å². The van der Waals surface area contributed by atoms with Crippen LogP contribution in [0.2, 0.25) is 5.04 Å². The lowest BCUT2D eigenvalue weighted by molar-refractivity contribution is -0.139. The molecule has 6 nitrogen and oxygen atoms in total. The van der Waals surface area contributed by atoms with E-state index < -0.39 is 32.6 Å². The predicted molar refractivity (Wildman–Crippen MR) is 203 cm³/mol. The standard InChI is InChI=1S/C42H46F3N3O3Si/c1-29(49-7)38-33(19-14-22-46-38)39-35(34-23-30(36-25-50-28-47-36)20-21-37(34)48(39)26-42(43,44)45)24-41(5,6)27-51-52(40(2,3)4,31-15-10-8-11-16-31)32-17-12-9-13-18-32/h8-23,25,28-29H,24,26-27H2,1-7H3/t29-/m0/s1. The van der Waals surface area contributed by atoms with Crippen LogP contribution in [-0.2, 0) is 22.1 Å². The summed E-state index contributed by atoms with van der Waals surface area (Å²) in [5.74, 6) is 0. The van der Waals surface area contributed by atoms with Crippen LogP contribution in [0.1, 0.15) is 58.9 Å². The van der Waals surface area contributed by atoms with Gasteiger partial charge in [-0.25, -0.2) is 4.98 Å². The van der Waals surface area contributed by atoms with E-state index in [4.69, 9.17) is 13.6 Å². The first-order valence-corrected chi connectivity index (χ1v) is 19.4. The Hall–Kier alpha value is -4.51. The van der Waals surface area contributed by atoms with Gasteiger partial charge >= 0.3 is 6.18 Å². The summed E-state index contributed by atoms with van der Waals surface area (Å²) in [7, 11) is -1.33. The number of benzene rings is 3. The Bertz CT molecular complexity index is 2070. The zero-order valence-electron chi connectivity index (χ0n) is 30.8. The highest BCUT2D eigenvalue weighted by molar-refractivity contribution is 6.99. The molecule has 0 unspecified atom stereocenters. The van der Waals surface area contributed by atoms with E-state index in [9.17, 15) is 13.2 Å². The molecule has 10 heteroatoms. The molecule has 0 aliphatic carbocycles. The second-order valence-electron chi connectivity index (χ2n) is 15.2. The van der Waals surface area contributed by atoms with Crippen molar-refractivity contribution >= 4 is 29.6 Å². The molecule has 6 aromatic rings. The van der Waals surface area contributed by atoms with Crippen molar-refractivity contribution in [3.05, 3.63) is 121 Å². The summed E-state index contributed by atoms with van der Waals surface area (Å²) in [6.45, 7) is 12.0. The molecule has 3 aromatic heterocycles. The maximum Gasteiger partial charge on any atom is 0.406 e. The summed E-state index contributed by atoms with van der Waals surface area (Å²) < 4.78 is 63.3. The minimum Gasteiger partial charge on any atom is -0.451 e. The Kier molecular flexibility index (Phi) is 10.4. The molecule has 0 amide bonds. The van der Waals surface area contributed by atoms with Gasteiger partial charge in [0.15, 0.2) is 6.39 Å². The maximum absolute atomic E-state index is 14.5. The first-order chi connectivity index (χ1) is 24.6. The molecule has 0 radical (unpaired) electrons. The molecule has 0 aliphatic rings. The van der Waals surface area contributed by atoms with E-state index in [-0.39, 0.29) is 5.04 Å². The number of nitrogens with zero attached hydrogens (tertiary/aromatic N) is 3. The number of halogens is 3. The van der Waals surface area contributed by atoms with E-state index in [2.05, 4.69) is 93.1 Å². The zero-order valence-corrected chi connectivity index (χ0v) is 31.8. The highest BCUT2D eigenvalue weighted by Crippen LogP contribution is 2.44. The summed E-state index contributed by atoms with van der Waals surface area (Å²) in [5, 5.41) is 2.79. The van der Waals surface area contributed by atoms with Crippen LogP contribution in [0.5, 0.6) is 0 Å². The molecule has 0 saturated carbocycles. The number of pyridine rings is 1. The lowest BCUT2D eigenvalue weighted by atomic mass is 9.84. The van der Waals surface area contributed by atoms with Gasteiger partial charge in [0.2, 0.25) is 0 Å². The van der Waals surface area contributed by atoms with Crippen LogP contribution >= 0.6 is 0 Å². The topological polar surface area (TPSA) is 62.3 Å². The van der Waals surface area contributed by atoms with E-state index in [0.717, 1.165) is 21.5 Å². The van der Waals surface area contributed by atoms with Crippen molar-refractivity contribution in [2.75, 3.05) is 13.7 Å². The number of rotatable bonds is 12. The van der Waals surface area contributed by atoms with Crippen LogP contribution in [0.3, 0.4) is 0 Å². The highest BCUT2D eigenvalue weighted by atomic mass is 28.4. The van der Waals surface area contributed by atoms with Crippen molar-refractivity contribution < 1.29 is 26.8 Å². The Morgan fingerprint density at radius 2 is 1.50 bits per heavy atom. The quantitative estimate of drug-likeness (QED) is 0.118. The molecule has 1 atom stereocenters. The minimum absolute atomic E-state index is 0.243. The fourth-order valence-electron chi connectivity index (χ4n) is 7.42. The van der Waals surface area contributed by atoms with Crippen molar-refractivity contribution in [3.63, 3.8) is 0 Å². The van der Waals surface area contributed by atoms with Crippen molar-refractivity contribution in [1.29, 1.82) is 0 Å². The molecule has 272 valence electrons. The molecule has 0 spiro atoms. The van der Waals surface area contributed by atoms with Crippen molar-refractivity contribution in [2.45, 2.75) is 71.8 Å². The van der Waals surface area contributed by atoms with Gasteiger partial charge in [-0.05, 0) is 64.0 Å². The first kappa shape index (κ1) is 37.3. The molecule has 3 aromatic carbocycles. The Morgan fingerprint density at radius 3 is 2.06 bits per heavy atom. The molecule has 0 N–H and O–H groups in total. The molecule has 0 aliphatic heterocycles. The fourth-order valence-corrected chi connectivity index (χ4v) is 12.2. The molecule has 0 fully saturated rings. The zero-order chi connectivity index (χ0) is 37.3. The molecular weight excluding hydrogens is 680 g/mol. The molecule has 0 saturated heterocycles. The third-order valence-electron chi connectivity index (χ3n) is 9.82. The maximum atomic E-state index is 14.5. The third-order valence-corrected chi connectivity index (χ3v) is 14.8. The average molecular weight is 726 g/mol. The van der Waals surface area contributed by atoms with Gasteiger partial charge in [0.25, 0.3) is 8.32 Å². The lowest BCUT2D eigenvalue weighted by Gasteiger charge is -2.44. The van der Waals surface area contributed by atoms with Crippen molar-refractivity contribution in [1.82, 2.24) is 14.5 Å². The Morgan fingerprint density at radius 1 is 0.846 bits per heavy atom. The number of hydrogen-bond acceptors (Lipinski definition) is 5. The third kappa shape index (κ3) is 7.37. The van der Waals surface area contributed by atoms with Crippen LogP contribution in [0.4, 0.5) is 13.2 Å². The summed E-state index contributed by atoms with van der Waals surface area (Å²) in [4.78, 5) is 8.97. The largest absolute Gasteiger partial charge is 0.451 e. The number of fused-ring (bicyclic) bond motifs is 1. The molecular formula is C42H46F3N3O3Si. The monoisotopic (exact) mass is 725 g/mol. The van der Waals surface area contributed by atoms with Crippen LogP contribution in [0, 0.1) is 5.41 Å². The van der Waals surface area contributed by atoms with E-state index >= 15 is 0 Å². The number of ether oxygens (including phenoxy) is 1. The number of aromatic nitrogens is 3. The van der Waals surface area contributed by atoms with Gasteiger partial charge in [0, 0.05) is 41.9 Å². The normalized spacial score (nSPS) is 13.5. The van der Waals surface area contributed by atoms with Gasteiger partial charge in [0.1, 0.15) is 18.5 Å². The number of oxazole rings is 1. The van der Waals surface area contributed by atoms with Gasteiger partial charge in [-0.1, -0.05) is 101 Å². The lowest BCUT2D eigenvalue weighted by Crippen LogP contribution is -2.67. The summed E-state index contributed by atoms with van der Waals surface area (Å²) in [5.41, 5.74) is 3.69. The van der Waals surface area contributed by atoms with E-state index in [0.29, 0.717) is 46.6 Å². The fraction of sp³-hybridized carbons (Fsp3) is 0.333. The van der Waals surface area contributed by atoms with E-state index in [1.54, 1.807) is 31.5 Å². The second-order valence-corrected chi connectivity index (χ2v) is 19.5. The number of hydrogen-bond donors (Lipinski definition) is 0. The van der Waals surface area contributed by atoms with E-state index in [1.165, 1.54) is 17.2 Å². The first-order valence-electron chi connectivity index (χ1n) is 17.5. The SMILES string of the molecule is CO[C@@H](C)c1ncccc1-c1c(CC(C)(C)CO[Si](c2ccccc2)(c2ccccc2)C(C)(C)C)c2cc(-c3cocn3)ccc2n1CC(F)(F)F. The van der Waals surface area contributed by atoms with Gasteiger partial charge in [0.05, 0.1) is 17.5 Å². The van der Waals surface area contributed by atoms with Crippen molar-refractivity contribution in [3.8, 4) is 22.5 Å². The Balaban J connectivity index is 1.55. The molecule has 52 heavy (non-hydrogen) atoms. The van der Waals surface area contributed by atoms with Gasteiger partial charge in [-0.2, -0.15) is 13.2 Å². The van der Waals surface area contributed by atoms with Crippen LogP contribution < -0.4 is 10.4 Å². The molecule has 6 rings (SSSR count). The summed E-state index contributed by atoms with van der Waals surface area (Å²) in [6, 6.07) is 30.0. The van der Waals surface area contributed by atoms with Gasteiger partial charge in [-0.15, -0.1) is 0 Å². The molecule has 3 heterocycles. The second kappa shape index (κ2) is 14.5. The highest BCUT2D eigenvalue weighted by Gasteiger charge is 2.51. The average Bonchev–Trinajstić information content (AvgIpc) is 3.75. The van der Waals surface area contributed by atoms with Crippen LogP contribution in [0.15, 0.2) is 114 Å². The van der Waals surface area contributed by atoms with Crippen LogP contribution in [0.25, 0.3) is 33.4 Å². The smallest absolute Gasteiger partial charge is 0.406 e. The minimum atomic E-state index is -4.49. The Labute approximate surface area is 304 Å². The summed E-state index contributed by atoms with van der Waals surface area (Å²) >= 11 is 0. The van der Waals surface area contributed by atoms with Gasteiger partial charge in [-0.3, -0.25) is 4.98 Å². The predicted octanol–water partition coefficient (Wildman–Crippen LogP) is 9.77. The van der Waals surface area contributed by atoms with Crippen LogP contribution in [-0.4, -0.2) is 42.7 Å². The number of alkyl halides is 3. The summed E-state index contributed by atoms with van der Waals surface area (Å²) in [6.07, 6.45) is 0.00316. The number of methoxy groups -OCH3 is 1.